The third-order valence-electron chi connectivity index (χ3n) is 7.01. The molecule has 7 nitrogen and oxygen atoms in total. The molecule has 2 aromatic carbocycles. The first-order chi connectivity index (χ1) is 18.5. The summed E-state index contributed by atoms with van der Waals surface area (Å²) in [5, 5.41) is 2.03. The molecule has 1 aromatic heterocycles. The average molecular weight is 539 g/mol. The third kappa shape index (κ3) is 6.00. The van der Waals surface area contributed by atoms with Crippen LogP contribution >= 0.6 is 11.3 Å². The minimum atomic E-state index is -0.334. The maximum Gasteiger partial charge on any atom is 0.254 e. The molecule has 2 atom stereocenters. The Morgan fingerprint density at radius 1 is 1.16 bits per heavy atom. The molecule has 1 fully saturated rings. The Morgan fingerprint density at radius 2 is 2.00 bits per heavy atom. The monoisotopic (exact) mass is 538 g/mol. The van der Waals surface area contributed by atoms with Crippen LogP contribution in [0, 0.1) is 5.82 Å². The van der Waals surface area contributed by atoms with Gasteiger partial charge in [0.15, 0.2) is 0 Å². The number of halogens is 1. The molecule has 1 saturated heterocycles. The van der Waals surface area contributed by atoms with Crippen LogP contribution in [0.25, 0.3) is 0 Å². The summed E-state index contributed by atoms with van der Waals surface area (Å²) < 4.78 is 30.4. The third-order valence-corrected chi connectivity index (χ3v) is 8.01. The standard InChI is InChI=1S/C29H31FN2O5S/c1-35-23-5-2-4-20(16-23)29(34)31(17-24-6-3-14-36-24)18-28(33)32-13-11-27-25(12-15-38-27)26(32)19-37-22-9-7-21(30)8-10-22/h2,4-5,7-10,12,15-16,24,26H,3,6,11,13-14,17-19H2,1H3. The zero-order valence-electron chi connectivity index (χ0n) is 21.3. The summed E-state index contributed by atoms with van der Waals surface area (Å²) in [4.78, 5) is 32.0. The molecule has 2 aliphatic rings. The summed E-state index contributed by atoms with van der Waals surface area (Å²) in [6.07, 6.45) is 2.45. The van der Waals surface area contributed by atoms with Crippen LogP contribution in [0.15, 0.2) is 60.0 Å². The van der Waals surface area contributed by atoms with Gasteiger partial charge in [-0.2, -0.15) is 0 Å². The van der Waals surface area contributed by atoms with E-state index < -0.39 is 0 Å². The Bertz CT molecular complexity index is 1260. The van der Waals surface area contributed by atoms with Crippen molar-refractivity contribution in [2.45, 2.75) is 31.4 Å². The predicted octanol–water partition coefficient (Wildman–Crippen LogP) is 4.72. The Morgan fingerprint density at radius 3 is 2.76 bits per heavy atom. The van der Waals surface area contributed by atoms with Gasteiger partial charge >= 0.3 is 0 Å². The Hall–Kier alpha value is -3.43. The van der Waals surface area contributed by atoms with E-state index in [1.54, 1.807) is 64.6 Å². The minimum absolute atomic E-state index is 0.0670. The molecular weight excluding hydrogens is 507 g/mol. The molecule has 5 rings (SSSR count). The van der Waals surface area contributed by atoms with Gasteiger partial charge in [-0.05, 0) is 78.7 Å². The summed E-state index contributed by atoms with van der Waals surface area (Å²) in [5.74, 6) is 0.399. The van der Waals surface area contributed by atoms with Crippen LogP contribution in [-0.4, -0.2) is 67.7 Å². The summed E-state index contributed by atoms with van der Waals surface area (Å²) >= 11 is 1.67. The van der Waals surface area contributed by atoms with Crippen molar-refractivity contribution >= 4 is 23.2 Å². The molecule has 3 aromatic rings. The number of fused-ring (bicyclic) bond motifs is 1. The van der Waals surface area contributed by atoms with Gasteiger partial charge in [0.1, 0.15) is 30.5 Å². The van der Waals surface area contributed by atoms with E-state index in [4.69, 9.17) is 14.2 Å². The smallest absolute Gasteiger partial charge is 0.254 e. The molecule has 2 unspecified atom stereocenters. The maximum absolute atomic E-state index is 13.8. The molecule has 3 heterocycles. The predicted molar refractivity (Wildman–Crippen MR) is 142 cm³/mol. The first kappa shape index (κ1) is 26.2. The summed E-state index contributed by atoms with van der Waals surface area (Å²) in [6, 6.07) is 14.5. The van der Waals surface area contributed by atoms with Gasteiger partial charge < -0.3 is 24.0 Å². The van der Waals surface area contributed by atoms with Gasteiger partial charge in [-0.15, -0.1) is 11.3 Å². The Labute approximate surface area is 225 Å². The van der Waals surface area contributed by atoms with E-state index >= 15 is 0 Å². The number of hydrogen-bond acceptors (Lipinski definition) is 6. The lowest BCUT2D eigenvalue weighted by molar-refractivity contribution is -0.135. The molecule has 2 aliphatic heterocycles. The quantitative estimate of drug-likeness (QED) is 0.394. The zero-order valence-corrected chi connectivity index (χ0v) is 22.1. The lowest BCUT2D eigenvalue weighted by Crippen LogP contribution is -2.49. The number of thiophene rings is 1. The van der Waals surface area contributed by atoms with E-state index in [-0.39, 0.29) is 42.9 Å². The summed E-state index contributed by atoms with van der Waals surface area (Å²) in [5.41, 5.74) is 1.52. The SMILES string of the molecule is COc1cccc(C(=O)N(CC(=O)N2CCc3sccc3C2COc2ccc(F)cc2)CC2CCCO2)c1. The lowest BCUT2D eigenvalue weighted by Gasteiger charge is -2.37. The number of methoxy groups -OCH3 is 1. The van der Waals surface area contributed by atoms with Gasteiger partial charge in [0.25, 0.3) is 5.91 Å². The second-order valence-electron chi connectivity index (χ2n) is 9.47. The van der Waals surface area contributed by atoms with Crippen LogP contribution in [0.1, 0.15) is 39.7 Å². The molecule has 9 heteroatoms. The van der Waals surface area contributed by atoms with Crippen molar-refractivity contribution in [3.05, 3.63) is 81.8 Å². The van der Waals surface area contributed by atoms with Crippen LogP contribution in [0.5, 0.6) is 11.5 Å². The van der Waals surface area contributed by atoms with Gasteiger partial charge in [0.2, 0.25) is 5.91 Å². The summed E-state index contributed by atoms with van der Waals surface area (Å²) in [7, 11) is 1.56. The number of rotatable bonds is 9. The number of amides is 2. The van der Waals surface area contributed by atoms with Gasteiger partial charge in [-0.3, -0.25) is 9.59 Å². The van der Waals surface area contributed by atoms with Crippen molar-refractivity contribution in [1.29, 1.82) is 0 Å². The van der Waals surface area contributed by atoms with Gasteiger partial charge in [-0.1, -0.05) is 6.07 Å². The number of benzene rings is 2. The molecule has 0 bridgehead atoms. The molecule has 0 aliphatic carbocycles. The highest BCUT2D eigenvalue weighted by atomic mass is 32.1. The van der Waals surface area contributed by atoms with E-state index in [1.165, 1.54) is 17.0 Å². The normalized spacial score (nSPS) is 18.6. The number of carbonyl (C=O) groups excluding carboxylic acids is 2. The van der Waals surface area contributed by atoms with E-state index in [9.17, 15) is 14.0 Å². The highest BCUT2D eigenvalue weighted by Crippen LogP contribution is 2.34. The van der Waals surface area contributed by atoms with Crippen LogP contribution < -0.4 is 9.47 Å². The van der Waals surface area contributed by atoms with Crippen LogP contribution in [-0.2, 0) is 16.0 Å². The average Bonchev–Trinajstić information content (AvgIpc) is 3.64. The number of nitrogens with zero attached hydrogens (tertiary/aromatic N) is 2. The Kier molecular flexibility index (Phi) is 8.24. The van der Waals surface area contributed by atoms with Crippen LogP contribution in [0.3, 0.4) is 0 Å². The highest BCUT2D eigenvalue weighted by molar-refractivity contribution is 7.10. The van der Waals surface area contributed by atoms with E-state index in [0.29, 0.717) is 36.8 Å². The van der Waals surface area contributed by atoms with E-state index in [1.807, 2.05) is 11.4 Å². The fourth-order valence-corrected chi connectivity index (χ4v) is 5.95. The molecular formula is C29H31FN2O5S. The molecule has 2 amide bonds. The van der Waals surface area contributed by atoms with Crippen molar-refractivity contribution in [3.63, 3.8) is 0 Å². The molecule has 0 saturated carbocycles. The first-order valence-electron chi connectivity index (χ1n) is 12.8. The molecule has 0 radical (unpaired) electrons. The first-order valence-corrected chi connectivity index (χ1v) is 13.7. The van der Waals surface area contributed by atoms with Crippen molar-refractivity contribution in [2.75, 3.05) is 40.0 Å². The molecule has 38 heavy (non-hydrogen) atoms. The molecule has 0 N–H and O–H groups in total. The number of hydrogen-bond donors (Lipinski definition) is 0. The second kappa shape index (κ2) is 12.0. The van der Waals surface area contributed by atoms with Crippen LogP contribution in [0.2, 0.25) is 0 Å². The van der Waals surface area contributed by atoms with Crippen molar-refractivity contribution < 1.29 is 28.2 Å². The van der Waals surface area contributed by atoms with Crippen molar-refractivity contribution in [3.8, 4) is 11.5 Å². The topological polar surface area (TPSA) is 68.3 Å². The Balaban J connectivity index is 1.35. The number of ether oxygens (including phenoxy) is 3. The zero-order chi connectivity index (χ0) is 26.5. The van der Waals surface area contributed by atoms with E-state index in [2.05, 4.69) is 0 Å². The lowest BCUT2D eigenvalue weighted by atomic mass is 10.00. The van der Waals surface area contributed by atoms with Gasteiger partial charge in [0, 0.05) is 30.1 Å². The highest BCUT2D eigenvalue weighted by Gasteiger charge is 2.34. The van der Waals surface area contributed by atoms with E-state index in [0.717, 1.165) is 24.8 Å². The maximum atomic E-state index is 13.8. The fraction of sp³-hybridized carbons (Fsp3) is 0.379. The van der Waals surface area contributed by atoms with Gasteiger partial charge in [-0.25, -0.2) is 4.39 Å². The molecule has 200 valence electrons. The van der Waals surface area contributed by atoms with Crippen LogP contribution in [0.4, 0.5) is 4.39 Å². The number of carbonyl (C=O) groups is 2. The second-order valence-corrected chi connectivity index (χ2v) is 10.5. The van der Waals surface area contributed by atoms with Gasteiger partial charge in [0.05, 0.1) is 19.3 Å². The van der Waals surface area contributed by atoms with Crippen molar-refractivity contribution in [1.82, 2.24) is 9.80 Å². The summed E-state index contributed by atoms with van der Waals surface area (Å²) in [6.45, 7) is 1.70. The molecule has 0 spiro atoms. The fourth-order valence-electron chi connectivity index (χ4n) is 5.03. The largest absolute Gasteiger partial charge is 0.497 e. The minimum Gasteiger partial charge on any atom is -0.497 e. The van der Waals surface area contributed by atoms with Crippen molar-refractivity contribution in [2.24, 2.45) is 0 Å².